The third-order valence-electron chi connectivity index (χ3n) is 1.07. The number of thioether (sulfide) groups is 1. The van der Waals surface area contributed by atoms with Crippen LogP contribution in [0.1, 0.15) is 11.8 Å². The number of carbonyl (C=O) groups excluding carboxylic acids is 1. The van der Waals surface area contributed by atoms with E-state index in [1.54, 1.807) is 0 Å². The van der Waals surface area contributed by atoms with Gasteiger partial charge >= 0.3 is 0 Å². The number of carbonyl (C=O) groups is 1. The van der Waals surface area contributed by atoms with Gasteiger partial charge in [0.2, 0.25) is 0 Å². The first-order valence-electron chi connectivity index (χ1n) is 3.04. The average Bonchev–Trinajstić information content (AvgIpc) is 2.30. The Labute approximate surface area is 88.4 Å². The Morgan fingerprint density at radius 1 is 1.67 bits per heavy atom. The lowest BCUT2D eigenvalue weighted by atomic mass is 10.5. The van der Waals surface area contributed by atoms with Crippen molar-refractivity contribution >= 4 is 51.6 Å². The molecule has 1 aromatic heterocycles. The molecule has 0 radical (unpaired) electrons. The molecule has 0 aliphatic heterocycles. The van der Waals surface area contributed by atoms with Crippen LogP contribution >= 0.6 is 46.5 Å². The lowest BCUT2D eigenvalue weighted by molar-refractivity contribution is -0.109. The maximum atomic E-state index is 10.6. The van der Waals surface area contributed by atoms with Gasteiger partial charge in [-0.15, -0.1) is 0 Å². The lowest BCUT2D eigenvalue weighted by Crippen LogP contribution is -1.82. The summed E-state index contributed by atoms with van der Waals surface area (Å²) in [7, 11) is 0. The smallest absolute Gasteiger partial charge is 0.186 e. The second-order valence-electron chi connectivity index (χ2n) is 1.99. The van der Waals surface area contributed by atoms with E-state index in [-0.39, 0.29) is 5.12 Å². The summed E-state index contributed by atoms with van der Waals surface area (Å²) in [4.78, 5) is 11.5. The Hall–Kier alpha value is 0.230. The molecule has 66 valence electrons. The van der Waals surface area contributed by atoms with Gasteiger partial charge in [0.05, 0.1) is 9.90 Å². The fourth-order valence-corrected chi connectivity index (χ4v) is 2.49. The van der Waals surface area contributed by atoms with Crippen LogP contribution in [-0.2, 0) is 10.5 Å². The molecule has 6 heteroatoms. The van der Waals surface area contributed by atoms with Gasteiger partial charge in [0, 0.05) is 12.7 Å². The molecule has 0 aliphatic rings. The monoisotopic (exact) mass is 241 g/mol. The summed E-state index contributed by atoms with van der Waals surface area (Å²) in [6, 6.07) is 0. The molecule has 1 rings (SSSR count). The number of hydrogen-bond donors (Lipinski definition) is 0. The molecule has 1 heterocycles. The normalized spacial score (nSPS) is 10.2. The molecule has 0 fully saturated rings. The van der Waals surface area contributed by atoms with E-state index < -0.39 is 0 Å². The van der Waals surface area contributed by atoms with Gasteiger partial charge in [-0.05, 0) is 11.5 Å². The van der Waals surface area contributed by atoms with Gasteiger partial charge in [0.15, 0.2) is 10.3 Å². The number of halogens is 2. The zero-order valence-electron chi connectivity index (χ0n) is 6.13. The standard InChI is InChI=1S/C6H5Cl2NOS2/c1-3(10)11-2-4-5(7)6(8)9-12-4/h2H2,1H3. The summed E-state index contributed by atoms with van der Waals surface area (Å²) >= 11 is 13.8. The summed E-state index contributed by atoms with van der Waals surface area (Å²) in [5.74, 6) is 0.554. The van der Waals surface area contributed by atoms with E-state index in [0.717, 1.165) is 4.88 Å². The molecule has 0 N–H and O–H groups in total. The van der Waals surface area contributed by atoms with Crippen molar-refractivity contribution in [2.24, 2.45) is 0 Å². The maximum absolute atomic E-state index is 10.6. The summed E-state index contributed by atoms with van der Waals surface area (Å²) < 4.78 is 3.84. The lowest BCUT2D eigenvalue weighted by Gasteiger charge is -1.92. The molecule has 1 aromatic rings. The zero-order chi connectivity index (χ0) is 9.14. The van der Waals surface area contributed by atoms with Crippen molar-refractivity contribution in [3.63, 3.8) is 0 Å². The van der Waals surface area contributed by atoms with E-state index in [0.29, 0.717) is 15.9 Å². The van der Waals surface area contributed by atoms with Crippen LogP contribution in [0.25, 0.3) is 0 Å². The van der Waals surface area contributed by atoms with Crippen LogP contribution in [-0.4, -0.2) is 9.49 Å². The Kier molecular flexibility index (Phi) is 3.83. The molecule has 12 heavy (non-hydrogen) atoms. The minimum absolute atomic E-state index is 0.0654. The summed E-state index contributed by atoms with van der Waals surface area (Å²) in [5, 5.41) is 0.854. The molecule has 0 unspecified atom stereocenters. The fourth-order valence-electron chi connectivity index (χ4n) is 0.547. The van der Waals surface area contributed by atoms with Crippen LogP contribution in [0, 0.1) is 0 Å². The van der Waals surface area contributed by atoms with Gasteiger partial charge in [-0.1, -0.05) is 35.0 Å². The molecule has 0 amide bonds. The van der Waals surface area contributed by atoms with Crippen molar-refractivity contribution in [3.8, 4) is 0 Å². The molecule has 0 saturated heterocycles. The number of hydrogen-bond acceptors (Lipinski definition) is 4. The van der Waals surface area contributed by atoms with Gasteiger partial charge in [0.25, 0.3) is 0 Å². The average molecular weight is 242 g/mol. The van der Waals surface area contributed by atoms with Crippen LogP contribution < -0.4 is 0 Å². The SMILES string of the molecule is CC(=O)SCc1snc(Cl)c1Cl. The zero-order valence-corrected chi connectivity index (χ0v) is 9.28. The maximum Gasteiger partial charge on any atom is 0.186 e. The number of nitrogens with zero attached hydrogens (tertiary/aromatic N) is 1. The summed E-state index contributed by atoms with van der Waals surface area (Å²) in [6.07, 6.45) is 0. The second kappa shape index (κ2) is 4.46. The van der Waals surface area contributed by atoms with E-state index in [2.05, 4.69) is 4.37 Å². The van der Waals surface area contributed by atoms with Crippen LogP contribution in [0.15, 0.2) is 0 Å². The third-order valence-corrected chi connectivity index (χ3v) is 3.92. The molecule has 2 nitrogen and oxygen atoms in total. The van der Waals surface area contributed by atoms with Crippen molar-refractivity contribution in [2.75, 3.05) is 0 Å². The van der Waals surface area contributed by atoms with Gasteiger partial charge in [-0.25, -0.2) is 0 Å². The first-order valence-corrected chi connectivity index (χ1v) is 5.55. The molecule has 0 aromatic carbocycles. The van der Waals surface area contributed by atoms with Crippen molar-refractivity contribution < 1.29 is 4.79 Å². The van der Waals surface area contributed by atoms with Crippen LogP contribution in [0.4, 0.5) is 0 Å². The molecule has 0 saturated carbocycles. The third kappa shape index (κ3) is 2.62. The van der Waals surface area contributed by atoms with Crippen LogP contribution in [0.5, 0.6) is 0 Å². The molecule has 0 spiro atoms. The highest BCUT2D eigenvalue weighted by Crippen LogP contribution is 2.31. The summed E-state index contributed by atoms with van der Waals surface area (Å²) in [5.41, 5.74) is 0. The van der Waals surface area contributed by atoms with E-state index in [1.165, 1.54) is 30.2 Å². The van der Waals surface area contributed by atoms with Crippen molar-refractivity contribution in [3.05, 3.63) is 15.1 Å². The van der Waals surface area contributed by atoms with Gasteiger partial charge in [-0.3, -0.25) is 4.79 Å². The molecule has 0 bridgehead atoms. The van der Waals surface area contributed by atoms with E-state index in [1.807, 2.05) is 0 Å². The molecular weight excluding hydrogens is 237 g/mol. The van der Waals surface area contributed by atoms with E-state index in [4.69, 9.17) is 23.2 Å². The van der Waals surface area contributed by atoms with Crippen LogP contribution in [0.3, 0.4) is 0 Å². The predicted octanol–water partition coefficient (Wildman–Crippen LogP) is 3.23. The fraction of sp³-hybridized carbons (Fsp3) is 0.333. The first kappa shape index (κ1) is 10.3. The van der Waals surface area contributed by atoms with Crippen molar-refractivity contribution in [1.29, 1.82) is 0 Å². The molecule has 0 aliphatic carbocycles. The van der Waals surface area contributed by atoms with E-state index >= 15 is 0 Å². The Balaban J connectivity index is 2.63. The molecular formula is C6H5Cl2NOS2. The van der Waals surface area contributed by atoms with E-state index in [9.17, 15) is 4.79 Å². The minimum atomic E-state index is 0.0654. The number of rotatable bonds is 2. The quantitative estimate of drug-likeness (QED) is 0.797. The topological polar surface area (TPSA) is 30.0 Å². The highest BCUT2D eigenvalue weighted by Gasteiger charge is 2.09. The highest BCUT2D eigenvalue weighted by atomic mass is 35.5. The first-order chi connectivity index (χ1) is 5.61. The van der Waals surface area contributed by atoms with Crippen LogP contribution in [0.2, 0.25) is 10.2 Å². The predicted molar refractivity (Wildman–Crippen MR) is 54.1 cm³/mol. The minimum Gasteiger partial charge on any atom is -0.288 e. The largest absolute Gasteiger partial charge is 0.288 e. The van der Waals surface area contributed by atoms with Gasteiger partial charge in [-0.2, -0.15) is 4.37 Å². The van der Waals surface area contributed by atoms with Gasteiger partial charge in [0.1, 0.15) is 0 Å². The molecule has 0 atom stereocenters. The number of aromatic nitrogens is 1. The van der Waals surface area contributed by atoms with Gasteiger partial charge < -0.3 is 0 Å². The second-order valence-corrected chi connectivity index (χ2v) is 4.74. The Bertz CT molecular complexity index is 300. The Morgan fingerprint density at radius 3 is 2.75 bits per heavy atom. The highest BCUT2D eigenvalue weighted by molar-refractivity contribution is 8.12. The summed E-state index contributed by atoms with van der Waals surface area (Å²) in [6.45, 7) is 1.52. The van der Waals surface area contributed by atoms with Crippen molar-refractivity contribution in [1.82, 2.24) is 4.37 Å². The van der Waals surface area contributed by atoms with Crippen molar-refractivity contribution in [2.45, 2.75) is 12.7 Å². The Morgan fingerprint density at radius 2 is 2.33 bits per heavy atom.